The number of nitrogens with zero attached hydrogens (tertiary/aromatic N) is 4. The van der Waals surface area contributed by atoms with Crippen LogP contribution in [0.5, 0.6) is 5.88 Å². The van der Waals surface area contributed by atoms with Crippen molar-refractivity contribution in [2.45, 2.75) is 6.42 Å². The standard InChI is InChI=1S/C18H12Cl2N4O2/c19-12-2-1-3-13(20)16(12)17-14-4-5-15(23-24(14)10-22-18(17)25)26-11-6-8-21-9-7-11/h1-6,8,10H,7,9H2. The number of rotatable bonds is 3. The van der Waals surface area contributed by atoms with Gasteiger partial charge in [0.25, 0.3) is 5.56 Å². The Morgan fingerprint density at radius 2 is 1.88 bits per heavy atom. The fourth-order valence-corrected chi connectivity index (χ4v) is 3.29. The average molecular weight is 387 g/mol. The van der Waals surface area contributed by atoms with E-state index in [0.717, 1.165) is 5.76 Å². The van der Waals surface area contributed by atoms with Gasteiger partial charge in [-0.2, -0.15) is 4.98 Å². The van der Waals surface area contributed by atoms with Gasteiger partial charge in [-0.3, -0.25) is 9.79 Å². The molecule has 0 unspecified atom stereocenters. The maximum absolute atomic E-state index is 12.4. The lowest BCUT2D eigenvalue weighted by atomic mass is 10.1. The molecule has 2 aromatic heterocycles. The summed E-state index contributed by atoms with van der Waals surface area (Å²) in [6, 6.07) is 8.49. The number of fused-ring (bicyclic) bond motifs is 1. The van der Waals surface area contributed by atoms with Crippen molar-refractivity contribution in [1.29, 1.82) is 0 Å². The van der Waals surface area contributed by atoms with Crippen LogP contribution < -0.4 is 10.3 Å². The highest BCUT2D eigenvalue weighted by Gasteiger charge is 2.17. The molecule has 3 heterocycles. The van der Waals surface area contributed by atoms with Crippen LogP contribution >= 0.6 is 23.2 Å². The normalized spacial score (nSPS) is 13.7. The molecule has 3 aromatic rings. The molecule has 4 rings (SSSR count). The lowest BCUT2D eigenvalue weighted by molar-refractivity contribution is 0.382. The Morgan fingerprint density at radius 3 is 2.62 bits per heavy atom. The number of hydrogen-bond acceptors (Lipinski definition) is 5. The van der Waals surface area contributed by atoms with Crippen LogP contribution in [0.3, 0.4) is 0 Å². The van der Waals surface area contributed by atoms with Crippen LogP contribution in [-0.4, -0.2) is 27.4 Å². The van der Waals surface area contributed by atoms with E-state index in [9.17, 15) is 4.79 Å². The Hall–Kier alpha value is -2.70. The van der Waals surface area contributed by atoms with Crippen molar-refractivity contribution in [3.05, 3.63) is 68.9 Å². The van der Waals surface area contributed by atoms with E-state index >= 15 is 0 Å². The molecule has 0 aliphatic carbocycles. The van der Waals surface area contributed by atoms with Crippen LogP contribution in [0.15, 0.2) is 58.3 Å². The molecule has 0 bridgehead atoms. The van der Waals surface area contributed by atoms with Gasteiger partial charge < -0.3 is 4.74 Å². The van der Waals surface area contributed by atoms with Crippen LogP contribution in [0.1, 0.15) is 6.42 Å². The molecule has 0 saturated carbocycles. The third-order valence-electron chi connectivity index (χ3n) is 3.89. The van der Waals surface area contributed by atoms with E-state index in [-0.39, 0.29) is 0 Å². The summed E-state index contributed by atoms with van der Waals surface area (Å²) >= 11 is 12.5. The number of hydrogen-bond donors (Lipinski definition) is 0. The molecule has 26 heavy (non-hydrogen) atoms. The van der Waals surface area contributed by atoms with E-state index in [0.29, 0.717) is 45.5 Å². The van der Waals surface area contributed by atoms with Gasteiger partial charge in [0, 0.05) is 30.8 Å². The average Bonchev–Trinajstić information content (AvgIpc) is 2.64. The minimum absolute atomic E-state index is 0.297. The van der Waals surface area contributed by atoms with Gasteiger partial charge in [0.15, 0.2) is 0 Å². The van der Waals surface area contributed by atoms with Crippen molar-refractivity contribution in [3.8, 4) is 17.0 Å². The largest absolute Gasteiger partial charge is 0.442 e. The molecule has 0 N–H and O–H groups in total. The monoisotopic (exact) mass is 386 g/mol. The first-order chi connectivity index (χ1) is 12.6. The highest BCUT2D eigenvalue weighted by molar-refractivity contribution is 6.39. The Morgan fingerprint density at radius 1 is 1.08 bits per heavy atom. The predicted molar refractivity (Wildman–Crippen MR) is 101 cm³/mol. The number of allylic oxidation sites excluding steroid dienone is 1. The second-order valence-electron chi connectivity index (χ2n) is 5.56. The number of ether oxygens (including phenoxy) is 1. The minimum Gasteiger partial charge on any atom is -0.442 e. The maximum atomic E-state index is 12.4. The number of benzene rings is 1. The summed E-state index contributed by atoms with van der Waals surface area (Å²) in [6.07, 6.45) is 5.55. The van der Waals surface area contributed by atoms with Crippen LogP contribution in [0.2, 0.25) is 10.0 Å². The molecule has 6 nitrogen and oxygen atoms in total. The molecule has 8 heteroatoms. The minimum atomic E-state index is -0.429. The van der Waals surface area contributed by atoms with Gasteiger partial charge >= 0.3 is 0 Å². The first kappa shape index (κ1) is 16.8. The molecule has 0 fully saturated rings. The fraction of sp³-hybridized carbons (Fsp3) is 0.111. The Labute approximate surface area is 158 Å². The molecular formula is C18H12Cl2N4O2. The Kier molecular flexibility index (Phi) is 4.44. The van der Waals surface area contributed by atoms with Crippen molar-refractivity contribution in [2.75, 3.05) is 6.54 Å². The molecule has 130 valence electrons. The van der Waals surface area contributed by atoms with Gasteiger partial charge in [-0.25, -0.2) is 4.52 Å². The highest BCUT2D eigenvalue weighted by atomic mass is 35.5. The van der Waals surface area contributed by atoms with Gasteiger partial charge in [0.1, 0.15) is 12.1 Å². The van der Waals surface area contributed by atoms with Crippen LogP contribution in [0, 0.1) is 0 Å². The maximum Gasteiger partial charge on any atom is 0.281 e. The van der Waals surface area contributed by atoms with Gasteiger partial charge in [-0.1, -0.05) is 29.3 Å². The van der Waals surface area contributed by atoms with Crippen LogP contribution in [-0.2, 0) is 0 Å². The van der Waals surface area contributed by atoms with Crippen LogP contribution in [0.4, 0.5) is 0 Å². The molecule has 0 saturated heterocycles. The summed E-state index contributed by atoms with van der Waals surface area (Å²) in [7, 11) is 0. The second kappa shape index (κ2) is 6.90. The number of aliphatic imine (C=N–C) groups is 1. The smallest absolute Gasteiger partial charge is 0.281 e. The number of halogens is 2. The van der Waals surface area contributed by atoms with Gasteiger partial charge in [0.05, 0.1) is 21.1 Å². The first-order valence-electron chi connectivity index (χ1n) is 7.83. The quantitative estimate of drug-likeness (QED) is 0.686. The van der Waals surface area contributed by atoms with Crippen molar-refractivity contribution in [3.63, 3.8) is 0 Å². The zero-order chi connectivity index (χ0) is 18.1. The van der Waals surface area contributed by atoms with Crippen molar-refractivity contribution in [1.82, 2.24) is 14.6 Å². The molecule has 0 amide bonds. The zero-order valence-corrected chi connectivity index (χ0v) is 14.9. The van der Waals surface area contributed by atoms with Crippen molar-refractivity contribution < 1.29 is 4.74 Å². The lowest BCUT2D eigenvalue weighted by Crippen LogP contribution is -2.14. The van der Waals surface area contributed by atoms with E-state index in [1.807, 2.05) is 0 Å². The molecule has 1 aromatic carbocycles. The molecule has 1 aliphatic heterocycles. The van der Waals surface area contributed by atoms with E-state index in [4.69, 9.17) is 27.9 Å². The van der Waals surface area contributed by atoms with E-state index in [1.54, 1.807) is 42.6 Å². The van der Waals surface area contributed by atoms with E-state index in [1.165, 1.54) is 10.8 Å². The number of aromatic nitrogens is 3. The SMILES string of the molecule is O=c1ncn2nc(OC3=CC=NCC3)ccc2c1-c1c(Cl)cccc1Cl. The summed E-state index contributed by atoms with van der Waals surface area (Å²) < 4.78 is 7.24. The van der Waals surface area contributed by atoms with Gasteiger partial charge in [0.2, 0.25) is 5.88 Å². The van der Waals surface area contributed by atoms with E-state index < -0.39 is 5.56 Å². The third kappa shape index (κ3) is 3.09. The summed E-state index contributed by atoms with van der Waals surface area (Å²) in [4.78, 5) is 20.4. The summed E-state index contributed by atoms with van der Waals surface area (Å²) in [5.74, 6) is 1.16. The molecule has 1 aliphatic rings. The fourth-order valence-electron chi connectivity index (χ4n) is 2.70. The number of dihydropyridines is 1. The van der Waals surface area contributed by atoms with Crippen molar-refractivity contribution in [2.24, 2.45) is 4.99 Å². The molecular weight excluding hydrogens is 375 g/mol. The van der Waals surface area contributed by atoms with Crippen LogP contribution in [0.25, 0.3) is 16.6 Å². The van der Waals surface area contributed by atoms with E-state index in [2.05, 4.69) is 15.1 Å². The Balaban J connectivity index is 1.85. The first-order valence-corrected chi connectivity index (χ1v) is 8.59. The summed E-state index contributed by atoms with van der Waals surface area (Å²) in [5.41, 5.74) is 0.840. The second-order valence-corrected chi connectivity index (χ2v) is 6.38. The molecule has 0 radical (unpaired) electrons. The molecule has 0 spiro atoms. The molecule has 0 atom stereocenters. The zero-order valence-electron chi connectivity index (χ0n) is 13.4. The highest BCUT2D eigenvalue weighted by Crippen LogP contribution is 2.34. The lowest BCUT2D eigenvalue weighted by Gasteiger charge is -2.12. The summed E-state index contributed by atoms with van der Waals surface area (Å²) in [6.45, 7) is 0.683. The Bertz CT molecular complexity index is 1100. The summed E-state index contributed by atoms with van der Waals surface area (Å²) in [5, 5.41) is 5.12. The predicted octanol–water partition coefficient (Wildman–Crippen LogP) is 3.80. The third-order valence-corrected chi connectivity index (χ3v) is 4.52. The topological polar surface area (TPSA) is 68.9 Å². The van der Waals surface area contributed by atoms with Gasteiger partial charge in [-0.05, 0) is 24.3 Å². The van der Waals surface area contributed by atoms with Gasteiger partial charge in [-0.15, -0.1) is 5.10 Å². The van der Waals surface area contributed by atoms with Crippen molar-refractivity contribution >= 4 is 34.9 Å².